The molecule has 148 valence electrons. The molecule has 0 aliphatic heterocycles. The minimum atomic E-state index is -0.706. The fourth-order valence-electron chi connectivity index (χ4n) is 3.66. The van der Waals surface area contributed by atoms with E-state index in [0.717, 1.165) is 17.2 Å². The zero-order valence-corrected chi connectivity index (χ0v) is 16.0. The molecule has 2 aromatic heterocycles. The van der Waals surface area contributed by atoms with Gasteiger partial charge in [0.25, 0.3) is 5.56 Å². The molecule has 5 rings (SSSR count). The molecule has 0 spiro atoms. The van der Waals surface area contributed by atoms with Crippen LogP contribution in [0.2, 0.25) is 0 Å². The molecule has 0 aliphatic carbocycles. The molecule has 3 aromatic carbocycles. The lowest BCUT2D eigenvalue weighted by Crippen LogP contribution is -2.22. The van der Waals surface area contributed by atoms with E-state index < -0.39 is 17.2 Å². The van der Waals surface area contributed by atoms with Gasteiger partial charge < -0.3 is 9.13 Å². The van der Waals surface area contributed by atoms with Gasteiger partial charge in [-0.25, -0.2) is 18.7 Å². The van der Waals surface area contributed by atoms with E-state index in [1.165, 1.54) is 16.7 Å². The van der Waals surface area contributed by atoms with E-state index >= 15 is 0 Å². The van der Waals surface area contributed by atoms with E-state index in [1.54, 1.807) is 36.7 Å². The zero-order valence-electron chi connectivity index (χ0n) is 16.0. The third-order valence-corrected chi connectivity index (χ3v) is 5.27. The Balaban J connectivity index is 1.59. The van der Waals surface area contributed by atoms with E-state index in [2.05, 4.69) is 9.97 Å². The molecule has 5 nitrogen and oxygen atoms in total. The first-order valence-corrected chi connectivity index (χ1v) is 9.35. The molecular formula is C23H16F2N4O. The van der Waals surface area contributed by atoms with Gasteiger partial charge in [0.1, 0.15) is 11.6 Å². The third-order valence-electron chi connectivity index (χ3n) is 5.27. The summed E-state index contributed by atoms with van der Waals surface area (Å²) in [5.41, 5.74) is 3.30. The minimum absolute atomic E-state index is 0.168. The van der Waals surface area contributed by atoms with Gasteiger partial charge in [0.05, 0.1) is 41.1 Å². The van der Waals surface area contributed by atoms with Crippen molar-refractivity contribution in [2.45, 2.75) is 6.54 Å². The molecule has 0 saturated heterocycles. The number of para-hydroxylation sites is 2. The van der Waals surface area contributed by atoms with Gasteiger partial charge in [-0.05, 0) is 47.5 Å². The standard InChI is InChI=1S/C23H16F2N4O/c1-28-13-27-20-7-6-14(10-22(20)28)15-8-17(24)16(18(25)9-15)12-29-21-5-3-2-4-19(21)26-11-23(29)30/h2-11,13H,12H2,1H3. The summed E-state index contributed by atoms with van der Waals surface area (Å²) >= 11 is 0. The van der Waals surface area contributed by atoms with Crippen molar-refractivity contribution in [1.82, 2.24) is 19.1 Å². The molecule has 30 heavy (non-hydrogen) atoms. The van der Waals surface area contributed by atoms with Crippen LogP contribution in [0.15, 0.2) is 71.9 Å². The SMILES string of the molecule is Cn1cnc2ccc(-c3cc(F)c(Cn4c(=O)cnc5ccccc54)c(F)c3)cc21. The average molecular weight is 402 g/mol. The predicted octanol–water partition coefficient (Wildman–Crippen LogP) is 4.28. The van der Waals surface area contributed by atoms with Crippen molar-refractivity contribution in [2.75, 3.05) is 0 Å². The van der Waals surface area contributed by atoms with Gasteiger partial charge >= 0.3 is 0 Å². The summed E-state index contributed by atoms with van der Waals surface area (Å²) < 4.78 is 33.1. The first-order chi connectivity index (χ1) is 14.5. The van der Waals surface area contributed by atoms with Crippen molar-refractivity contribution in [2.24, 2.45) is 7.05 Å². The first kappa shape index (κ1) is 18.2. The van der Waals surface area contributed by atoms with E-state index in [0.29, 0.717) is 22.2 Å². The van der Waals surface area contributed by atoms with Crippen LogP contribution in [0.25, 0.3) is 33.2 Å². The van der Waals surface area contributed by atoms with Crippen molar-refractivity contribution < 1.29 is 8.78 Å². The molecule has 0 saturated carbocycles. The number of benzene rings is 3. The van der Waals surface area contributed by atoms with Gasteiger partial charge in [0.2, 0.25) is 0 Å². The van der Waals surface area contributed by atoms with Crippen LogP contribution in [0.4, 0.5) is 8.78 Å². The second-order valence-corrected chi connectivity index (χ2v) is 7.15. The minimum Gasteiger partial charge on any atom is -0.334 e. The third kappa shape index (κ3) is 2.95. The smallest absolute Gasteiger partial charge is 0.269 e. The van der Waals surface area contributed by atoms with Crippen molar-refractivity contribution >= 4 is 22.1 Å². The number of halogens is 2. The summed E-state index contributed by atoms with van der Waals surface area (Å²) in [6.45, 7) is -0.222. The second-order valence-electron chi connectivity index (χ2n) is 7.15. The monoisotopic (exact) mass is 402 g/mol. The molecule has 0 atom stereocenters. The summed E-state index contributed by atoms with van der Waals surface area (Å²) in [4.78, 5) is 20.7. The molecule has 7 heteroatoms. The van der Waals surface area contributed by atoms with E-state index in [4.69, 9.17) is 0 Å². The Morgan fingerprint density at radius 1 is 0.867 bits per heavy atom. The number of fused-ring (bicyclic) bond motifs is 2. The van der Waals surface area contributed by atoms with Crippen LogP contribution in [0.5, 0.6) is 0 Å². The van der Waals surface area contributed by atoms with E-state index in [9.17, 15) is 13.6 Å². The molecule has 0 amide bonds. The van der Waals surface area contributed by atoms with Crippen LogP contribution in [0.1, 0.15) is 5.56 Å². The van der Waals surface area contributed by atoms with Gasteiger partial charge in [0.15, 0.2) is 0 Å². The summed E-state index contributed by atoms with van der Waals surface area (Å²) in [6.07, 6.45) is 2.85. The van der Waals surface area contributed by atoms with E-state index in [1.807, 2.05) is 23.7 Å². The maximum atomic E-state index is 15.0. The summed E-state index contributed by atoms with van der Waals surface area (Å²) in [5.74, 6) is -1.41. The number of hydrogen-bond acceptors (Lipinski definition) is 3. The Morgan fingerprint density at radius 2 is 1.60 bits per heavy atom. The average Bonchev–Trinajstić information content (AvgIpc) is 3.12. The quantitative estimate of drug-likeness (QED) is 0.453. The van der Waals surface area contributed by atoms with Crippen molar-refractivity contribution in [3.05, 3.63) is 94.7 Å². The molecule has 0 unspecified atom stereocenters. The highest BCUT2D eigenvalue weighted by Gasteiger charge is 2.15. The van der Waals surface area contributed by atoms with Gasteiger partial charge in [-0.15, -0.1) is 0 Å². The topological polar surface area (TPSA) is 52.7 Å². The fourth-order valence-corrected chi connectivity index (χ4v) is 3.66. The maximum absolute atomic E-state index is 15.0. The van der Waals surface area contributed by atoms with E-state index in [-0.39, 0.29) is 12.1 Å². The Morgan fingerprint density at radius 3 is 2.40 bits per heavy atom. The lowest BCUT2D eigenvalue weighted by atomic mass is 10.0. The lowest BCUT2D eigenvalue weighted by Gasteiger charge is -2.12. The first-order valence-electron chi connectivity index (χ1n) is 9.35. The summed E-state index contributed by atoms with van der Waals surface area (Å²) in [6, 6.07) is 15.0. The zero-order chi connectivity index (χ0) is 20.8. The second kappa shape index (κ2) is 6.88. The molecule has 0 radical (unpaired) electrons. The maximum Gasteiger partial charge on any atom is 0.269 e. The Kier molecular flexibility index (Phi) is 4.17. The number of nitrogens with zero attached hydrogens (tertiary/aromatic N) is 4. The number of aromatic nitrogens is 4. The number of hydrogen-bond donors (Lipinski definition) is 0. The number of aryl methyl sites for hydroxylation is 1. The van der Waals surface area contributed by atoms with Crippen molar-refractivity contribution in [3.63, 3.8) is 0 Å². The van der Waals surface area contributed by atoms with Gasteiger partial charge in [0, 0.05) is 12.6 Å². The normalized spacial score (nSPS) is 11.4. The number of rotatable bonds is 3. The highest BCUT2D eigenvalue weighted by Crippen LogP contribution is 2.28. The Bertz CT molecular complexity index is 1460. The van der Waals surface area contributed by atoms with Gasteiger partial charge in [-0.3, -0.25) is 4.79 Å². The van der Waals surface area contributed by atoms with Crippen molar-refractivity contribution in [1.29, 1.82) is 0 Å². The molecule has 2 heterocycles. The number of imidazole rings is 1. The lowest BCUT2D eigenvalue weighted by molar-refractivity contribution is 0.545. The molecule has 0 fully saturated rings. The highest BCUT2D eigenvalue weighted by molar-refractivity contribution is 5.82. The van der Waals surface area contributed by atoms with Gasteiger partial charge in [-0.1, -0.05) is 18.2 Å². The molecule has 0 N–H and O–H groups in total. The molecule has 0 aliphatic rings. The van der Waals surface area contributed by atoms with Crippen LogP contribution < -0.4 is 5.56 Å². The Hall–Kier alpha value is -3.87. The highest BCUT2D eigenvalue weighted by atomic mass is 19.1. The largest absolute Gasteiger partial charge is 0.334 e. The molecule has 5 aromatic rings. The predicted molar refractivity (Wildman–Crippen MR) is 111 cm³/mol. The molecular weight excluding hydrogens is 386 g/mol. The van der Waals surface area contributed by atoms with Crippen molar-refractivity contribution in [3.8, 4) is 11.1 Å². The fraction of sp³-hybridized carbons (Fsp3) is 0.0870. The Labute approximate surface area is 169 Å². The molecule has 0 bridgehead atoms. The van der Waals surface area contributed by atoms with Crippen LogP contribution in [0.3, 0.4) is 0 Å². The van der Waals surface area contributed by atoms with Gasteiger partial charge in [-0.2, -0.15) is 0 Å². The summed E-state index contributed by atoms with van der Waals surface area (Å²) in [5, 5.41) is 0. The van der Waals surface area contributed by atoms with Crippen LogP contribution in [0, 0.1) is 11.6 Å². The summed E-state index contributed by atoms with van der Waals surface area (Å²) in [7, 11) is 1.86. The van der Waals surface area contributed by atoms with Crippen LogP contribution in [-0.2, 0) is 13.6 Å². The van der Waals surface area contributed by atoms with Crippen LogP contribution in [-0.4, -0.2) is 19.1 Å². The van der Waals surface area contributed by atoms with Crippen LogP contribution >= 0.6 is 0 Å².